The zero-order chi connectivity index (χ0) is 11.9. The predicted octanol–water partition coefficient (Wildman–Crippen LogP) is -0.845. The first kappa shape index (κ1) is 11.6. The van der Waals surface area contributed by atoms with Gasteiger partial charge in [0.05, 0.1) is 11.5 Å². The number of rotatable bonds is 2. The molecule has 0 amide bonds. The molecule has 2 rings (SSSR count). The first-order valence-corrected chi connectivity index (χ1v) is 6.22. The van der Waals surface area contributed by atoms with E-state index >= 15 is 0 Å². The predicted molar refractivity (Wildman–Crippen MR) is 59.7 cm³/mol. The number of sulfonamides is 1. The average Bonchev–Trinajstić information content (AvgIpc) is 2.60. The van der Waals surface area contributed by atoms with Crippen LogP contribution >= 0.6 is 0 Å². The van der Waals surface area contributed by atoms with E-state index in [1.54, 1.807) is 12.1 Å². The van der Waals surface area contributed by atoms with Crippen LogP contribution in [-0.2, 0) is 21.3 Å². The van der Waals surface area contributed by atoms with Gasteiger partial charge >= 0.3 is 7.12 Å². The molecule has 1 heterocycles. The van der Waals surface area contributed by atoms with E-state index in [1.807, 2.05) is 0 Å². The van der Waals surface area contributed by atoms with Crippen molar-refractivity contribution in [2.24, 2.45) is 0 Å². The van der Waals surface area contributed by atoms with E-state index in [0.717, 1.165) is 4.31 Å². The van der Waals surface area contributed by atoms with Crippen molar-refractivity contribution in [3.8, 4) is 0 Å². The largest absolute Gasteiger partial charge is 0.491 e. The van der Waals surface area contributed by atoms with Gasteiger partial charge in [-0.1, -0.05) is 12.1 Å². The van der Waals surface area contributed by atoms with Gasteiger partial charge < -0.3 is 9.68 Å². The van der Waals surface area contributed by atoms with Crippen LogP contribution in [0.3, 0.4) is 0 Å². The average molecular weight is 241 g/mol. The molecule has 0 saturated heterocycles. The molecule has 16 heavy (non-hydrogen) atoms. The summed E-state index contributed by atoms with van der Waals surface area (Å²) in [6.07, 6.45) is 0. The Balaban J connectivity index is 2.61. The molecule has 0 aromatic heterocycles. The quantitative estimate of drug-likeness (QED) is 0.685. The van der Waals surface area contributed by atoms with Gasteiger partial charge in [-0.25, -0.2) is 12.7 Å². The molecule has 5 nitrogen and oxygen atoms in total. The molecule has 0 unspecified atom stereocenters. The minimum atomic E-state index is -3.48. The van der Waals surface area contributed by atoms with Crippen LogP contribution < -0.4 is 5.46 Å². The summed E-state index contributed by atoms with van der Waals surface area (Å²) in [6, 6.07) is 4.80. The third-order valence-electron chi connectivity index (χ3n) is 2.58. The van der Waals surface area contributed by atoms with Gasteiger partial charge in [0, 0.05) is 14.1 Å². The van der Waals surface area contributed by atoms with Gasteiger partial charge in [-0.05, 0) is 17.1 Å². The van der Waals surface area contributed by atoms with E-state index in [1.165, 1.54) is 20.2 Å². The van der Waals surface area contributed by atoms with Crippen molar-refractivity contribution >= 4 is 22.6 Å². The summed E-state index contributed by atoms with van der Waals surface area (Å²) < 4.78 is 30.1. The number of fused-ring (bicyclic) bond motifs is 1. The van der Waals surface area contributed by atoms with Crippen molar-refractivity contribution in [1.82, 2.24) is 4.31 Å². The highest BCUT2D eigenvalue weighted by Crippen LogP contribution is 2.21. The maximum Gasteiger partial charge on any atom is 0.491 e. The Morgan fingerprint density at radius 1 is 1.44 bits per heavy atom. The van der Waals surface area contributed by atoms with E-state index in [4.69, 9.17) is 4.65 Å². The van der Waals surface area contributed by atoms with Gasteiger partial charge in [0.25, 0.3) is 0 Å². The Morgan fingerprint density at radius 2 is 2.12 bits per heavy atom. The zero-order valence-electron chi connectivity index (χ0n) is 9.04. The minimum Gasteiger partial charge on any atom is -0.423 e. The lowest BCUT2D eigenvalue weighted by Crippen LogP contribution is -2.30. The first-order chi connectivity index (χ1) is 7.44. The Hall–Kier alpha value is -0.885. The highest BCUT2D eigenvalue weighted by atomic mass is 32.2. The van der Waals surface area contributed by atoms with Gasteiger partial charge in [-0.3, -0.25) is 0 Å². The van der Waals surface area contributed by atoms with Crippen molar-refractivity contribution in [1.29, 1.82) is 0 Å². The highest BCUT2D eigenvalue weighted by molar-refractivity contribution is 7.89. The van der Waals surface area contributed by atoms with E-state index in [-0.39, 0.29) is 11.5 Å². The zero-order valence-corrected chi connectivity index (χ0v) is 9.86. The molecule has 0 bridgehead atoms. The Bertz CT molecular complexity index is 514. The smallest absolute Gasteiger partial charge is 0.423 e. The van der Waals surface area contributed by atoms with Gasteiger partial charge in [0.2, 0.25) is 10.0 Å². The number of hydrogen-bond acceptors (Lipinski definition) is 4. The standard InChI is InChI=1S/C9H12BNO4S/c1-11(2)16(13,14)9-5-3-4-8-7(9)6-15-10(8)12/h3-5,12H,6H2,1-2H3. The highest BCUT2D eigenvalue weighted by Gasteiger charge is 2.33. The van der Waals surface area contributed by atoms with Crippen LogP contribution in [0.15, 0.2) is 23.1 Å². The van der Waals surface area contributed by atoms with Crippen LogP contribution in [0.1, 0.15) is 5.56 Å². The molecular formula is C9H12BNO4S. The molecule has 0 fully saturated rings. The molecule has 1 aliphatic heterocycles. The summed E-state index contributed by atoms with van der Waals surface area (Å²) in [4.78, 5) is 0.201. The molecule has 0 aliphatic carbocycles. The van der Waals surface area contributed by atoms with Crippen molar-refractivity contribution in [2.45, 2.75) is 11.5 Å². The van der Waals surface area contributed by atoms with E-state index in [9.17, 15) is 13.4 Å². The van der Waals surface area contributed by atoms with Crippen LogP contribution in [0, 0.1) is 0 Å². The fourth-order valence-electron chi connectivity index (χ4n) is 1.66. The lowest BCUT2D eigenvalue weighted by molar-refractivity contribution is 0.273. The van der Waals surface area contributed by atoms with Crippen molar-refractivity contribution in [3.63, 3.8) is 0 Å². The molecule has 7 heteroatoms. The molecule has 0 saturated carbocycles. The van der Waals surface area contributed by atoms with E-state index in [0.29, 0.717) is 11.0 Å². The molecule has 1 aromatic carbocycles. The van der Waals surface area contributed by atoms with Crippen LogP contribution in [-0.4, -0.2) is 39.0 Å². The maximum atomic E-state index is 12.0. The molecule has 0 radical (unpaired) electrons. The fraction of sp³-hybridized carbons (Fsp3) is 0.333. The normalized spacial score (nSPS) is 15.6. The molecule has 0 atom stereocenters. The second-order valence-corrected chi connectivity index (χ2v) is 5.89. The monoisotopic (exact) mass is 241 g/mol. The number of benzene rings is 1. The van der Waals surface area contributed by atoms with Crippen molar-refractivity contribution in [2.75, 3.05) is 14.1 Å². The van der Waals surface area contributed by atoms with Gasteiger partial charge in [-0.2, -0.15) is 0 Å². The molecule has 86 valence electrons. The number of nitrogens with zero attached hydrogens (tertiary/aromatic N) is 1. The topological polar surface area (TPSA) is 66.8 Å². The van der Waals surface area contributed by atoms with Crippen molar-refractivity contribution < 1.29 is 18.1 Å². The van der Waals surface area contributed by atoms with E-state index < -0.39 is 17.1 Å². The second-order valence-electron chi connectivity index (χ2n) is 3.77. The van der Waals surface area contributed by atoms with Crippen LogP contribution in [0.5, 0.6) is 0 Å². The molecule has 0 spiro atoms. The lowest BCUT2D eigenvalue weighted by Gasteiger charge is -2.13. The van der Waals surface area contributed by atoms with Gasteiger partial charge in [0.15, 0.2) is 0 Å². The van der Waals surface area contributed by atoms with Crippen LogP contribution in [0.2, 0.25) is 0 Å². The van der Waals surface area contributed by atoms with Crippen LogP contribution in [0.25, 0.3) is 0 Å². The summed E-state index contributed by atoms with van der Waals surface area (Å²) >= 11 is 0. The molecule has 1 aliphatic rings. The summed E-state index contributed by atoms with van der Waals surface area (Å²) in [5.41, 5.74) is 1.08. The number of hydrogen-bond donors (Lipinski definition) is 1. The lowest BCUT2D eigenvalue weighted by atomic mass is 9.80. The summed E-state index contributed by atoms with van der Waals surface area (Å²) in [6.45, 7) is 0.125. The third-order valence-corrected chi connectivity index (χ3v) is 4.48. The Morgan fingerprint density at radius 3 is 2.75 bits per heavy atom. The summed E-state index contributed by atoms with van der Waals surface area (Å²) in [7, 11) is -1.56. The van der Waals surface area contributed by atoms with Gasteiger partial charge in [-0.15, -0.1) is 0 Å². The third kappa shape index (κ3) is 1.65. The van der Waals surface area contributed by atoms with Gasteiger partial charge in [0.1, 0.15) is 0 Å². The molecular weight excluding hydrogens is 229 g/mol. The van der Waals surface area contributed by atoms with Crippen LogP contribution in [0.4, 0.5) is 0 Å². The summed E-state index contributed by atoms with van der Waals surface area (Å²) in [5.74, 6) is 0. The van der Waals surface area contributed by atoms with Crippen molar-refractivity contribution in [3.05, 3.63) is 23.8 Å². The molecule has 1 aromatic rings. The fourth-order valence-corrected chi connectivity index (χ4v) is 2.79. The molecule has 1 N–H and O–H groups in total. The Kier molecular flexibility index (Phi) is 2.79. The first-order valence-electron chi connectivity index (χ1n) is 4.78. The maximum absolute atomic E-state index is 12.0. The second kappa shape index (κ2) is 3.85. The summed E-state index contributed by atoms with van der Waals surface area (Å²) in [5, 5.41) is 9.48. The minimum absolute atomic E-state index is 0.125. The SMILES string of the molecule is CN(C)S(=O)(=O)c1cccc2c1COB2O. The van der Waals surface area contributed by atoms with E-state index in [2.05, 4.69) is 0 Å². The Labute approximate surface area is 94.8 Å².